The minimum atomic E-state index is -0.870. The van der Waals surface area contributed by atoms with E-state index in [4.69, 9.17) is 5.11 Å². The van der Waals surface area contributed by atoms with Gasteiger partial charge in [0.15, 0.2) is 11.3 Å². The van der Waals surface area contributed by atoms with Crippen LogP contribution in [-0.4, -0.2) is 60.3 Å². The summed E-state index contributed by atoms with van der Waals surface area (Å²) >= 11 is 0. The Morgan fingerprint density at radius 1 is 1.67 bits per heavy atom. The summed E-state index contributed by atoms with van der Waals surface area (Å²) in [6, 6.07) is 0. The summed E-state index contributed by atoms with van der Waals surface area (Å²) in [5, 5.41) is 8.89. The molecule has 0 unspecified atom stereocenters. The third-order valence-corrected chi connectivity index (χ3v) is 1.22. The molecule has 0 atom stereocenters. The van der Waals surface area contributed by atoms with Crippen molar-refractivity contribution in [3.8, 4) is 0 Å². The topological polar surface area (TPSA) is 72.8 Å². The molecular weight excluding hydrogens is 175 g/mol. The molecule has 0 saturated heterocycles. The molecule has 1 rings (SSSR count). The molecule has 0 bridgehead atoms. The van der Waals surface area contributed by atoms with Gasteiger partial charge in [0, 0.05) is 29.6 Å². The Morgan fingerprint density at radius 3 is 2.58 bits per heavy atom. The van der Waals surface area contributed by atoms with Gasteiger partial charge in [0.2, 0.25) is 0 Å². The van der Waals surface area contributed by atoms with Crippen molar-refractivity contribution >= 4 is 41.5 Å². The maximum atomic E-state index is 10.7. The Labute approximate surface area is 90.6 Å². The van der Waals surface area contributed by atoms with Crippen LogP contribution in [0.4, 0.5) is 0 Å². The van der Waals surface area contributed by atoms with Gasteiger partial charge < -0.3 is 14.6 Å². The number of carbonyl (C=O) groups is 2. The van der Waals surface area contributed by atoms with E-state index in [0.29, 0.717) is 0 Å². The maximum Gasteiger partial charge on any atom is 0.349 e. The average Bonchev–Trinajstić information content (AvgIpc) is 2.30. The van der Waals surface area contributed by atoms with Gasteiger partial charge in [-0.25, -0.2) is 9.59 Å². The van der Waals surface area contributed by atoms with E-state index >= 15 is 0 Å². The van der Waals surface area contributed by atoms with Crippen LogP contribution in [-0.2, 0) is 19.1 Å². The number of carbonyl (C=O) groups excluding carboxylic acids is 2. The van der Waals surface area contributed by atoms with Gasteiger partial charge in [-0.05, 0) is 0 Å². The normalized spacial score (nSPS) is 15.2. The molecule has 0 aromatic carbocycles. The fourth-order valence-corrected chi connectivity index (χ4v) is 0.699. The number of aliphatic hydroxyl groups is 1. The Kier molecular flexibility index (Phi) is 4.30. The number of esters is 2. The van der Waals surface area contributed by atoms with Crippen molar-refractivity contribution in [3.63, 3.8) is 0 Å². The summed E-state index contributed by atoms with van der Waals surface area (Å²) in [4.78, 5) is 21.3. The van der Waals surface area contributed by atoms with Gasteiger partial charge >= 0.3 is 11.9 Å². The third-order valence-electron chi connectivity index (χ3n) is 1.22. The molecular formula is C6H6NaO5. The van der Waals surface area contributed by atoms with Gasteiger partial charge in [0.1, 0.15) is 6.61 Å². The molecule has 0 saturated carbocycles. The Balaban J connectivity index is 0.00000121. The largest absolute Gasteiger partial charge is 0.508 e. The zero-order valence-electron chi connectivity index (χ0n) is 6.79. The summed E-state index contributed by atoms with van der Waals surface area (Å²) < 4.78 is 8.55. The first-order chi connectivity index (χ1) is 5.16. The number of aliphatic hydroxyl groups excluding tert-OH is 1. The Hall–Kier alpha value is -0.520. The number of ether oxygens (including phenoxy) is 2. The van der Waals surface area contributed by atoms with E-state index in [9.17, 15) is 9.59 Å². The number of rotatable bonds is 1. The molecule has 6 heteroatoms. The molecule has 12 heavy (non-hydrogen) atoms. The monoisotopic (exact) mass is 181 g/mol. The summed E-state index contributed by atoms with van der Waals surface area (Å²) in [6.07, 6.45) is 0. The molecule has 0 aliphatic carbocycles. The van der Waals surface area contributed by atoms with Gasteiger partial charge in [0.25, 0.3) is 0 Å². The fraction of sp³-hybridized carbons (Fsp3) is 0.333. The van der Waals surface area contributed by atoms with E-state index in [0.717, 1.165) is 7.11 Å². The maximum absolute atomic E-state index is 10.7. The molecule has 1 N–H and O–H groups in total. The molecule has 0 aromatic rings. The third kappa shape index (κ3) is 2.00. The molecule has 1 radical (unpaired) electrons. The average molecular weight is 181 g/mol. The molecule has 0 aromatic heterocycles. The molecule has 5 nitrogen and oxygen atoms in total. The van der Waals surface area contributed by atoms with Crippen LogP contribution in [0.25, 0.3) is 0 Å². The number of cyclic esters (lactones) is 1. The molecule has 0 fully saturated rings. The van der Waals surface area contributed by atoms with Crippen LogP contribution in [0, 0.1) is 0 Å². The molecule has 61 valence electrons. The summed E-state index contributed by atoms with van der Waals surface area (Å²) in [5.74, 6) is -2.08. The first-order valence-corrected chi connectivity index (χ1v) is 2.84. The smallest absolute Gasteiger partial charge is 0.349 e. The number of methoxy groups -OCH3 is 1. The second-order valence-electron chi connectivity index (χ2n) is 1.89. The van der Waals surface area contributed by atoms with Crippen LogP contribution in [0.3, 0.4) is 0 Å². The van der Waals surface area contributed by atoms with E-state index in [-0.39, 0.29) is 41.9 Å². The quantitative estimate of drug-likeness (QED) is 0.324. The Morgan fingerprint density at radius 2 is 2.25 bits per heavy atom. The van der Waals surface area contributed by atoms with Crippen molar-refractivity contribution in [1.29, 1.82) is 0 Å². The van der Waals surface area contributed by atoms with Crippen LogP contribution < -0.4 is 0 Å². The van der Waals surface area contributed by atoms with E-state index in [1.807, 2.05) is 0 Å². The molecule has 1 aliphatic heterocycles. The number of hydrogen-bond donors (Lipinski definition) is 1. The van der Waals surface area contributed by atoms with E-state index in [1.165, 1.54) is 0 Å². The summed E-state index contributed by atoms with van der Waals surface area (Å²) in [5.41, 5.74) is -0.410. The van der Waals surface area contributed by atoms with Gasteiger partial charge in [-0.1, -0.05) is 0 Å². The minimum absolute atomic E-state index is 0. The zero-order valence-corrected chi connectivity index (χ0v) is 8.79. The van der Waals surface area contributed by atoms with Crippen LogP contribution in [0.2, 0.25) is 0 Å². The zero-order chi connectivity index (χ0) is 8.43. The Bertz CT molecular complexity index is 244. The van der Waals surface area contributed by atoms with Crippen LogP contribution in [0.5, 0.6) is 0 Å². The van der Waals surface area contributed by atoms with Crippen molar-refractivity contribution < 1.29 is 24.2 Å². The first-order valence-electron chi connectivity index (χ1n) is 2.84. The van der Waals surface area contributed by atoms with E-state index < -0.39 is 17.5 Å². The van der Waals surface area contributed by atoms with Crippen LogP contribution >= 0.6 is 0 Å². The van der Waals surface area contributed by atoms with Crippen LogP contribution in [0.15, 0.2) is 11.3 Å². The molecule has 0 amide bonds. The fourth-order valence-electron chi connectivity index (χ4n) is 0.699. The van der Waals surface area contributed by atoms with E-state index in [1.54, 1.807) is 0 Å². The van der Waals surface area contributed by atoms with Crippen LogP contribution in [0.1, 0.15) is 0 Å². The van der Waals surface area contributed by atoms with Gasteiger partial charge in [-0.3, -0.25) is 0 Å². The van der Waals surface area contributed by atoms with Gasteiger partial charge in [0.05, 0.1) is 7.11 Å². The SMILES string of the molecule is COC(=O)C1=C(O)COC1=O.[Na]. The van der Waals surface area contributed by atoms with Crippen molar-refractivity contribution in [3.05, 3.63) is 11.3 Å². The summed E-state index contributed by atoms with van der Waals surface area (Å²) in [6.45, 7) is -0.247. The second-order valence-corrected chi connectivity index (χ2v) is 1.89. The van der Waals surface area contributed by atoms with Crippen molar-refractivity contribution in [2.75, 3.05) is 13.7 Å². The minimum Gasteiger partial charge on any atom is -0.508 e. The summed E-state index contributed by atoms with van der Waals surface area (Å²) in [7, 11) is 1.12. The van der Waals surface area contributed by atoms with E-state index in [2.05, 4.69) is 9.47 Å². The molecule has 0 spiro atoms. The first kappa shape index (κ1) is 11.5. The standard InChI is InChI=1S/C6H6O5.Na/c1-10-5(8)4-3(7)2-11-6(4)9;/h7H,2H2,1H3;. The predicted octanol–water partition coefficient (Wildman–Crippen LogP) is -0.853. The molecule has 1 heterocycles. The number of hydrogen-bond acceptors (Lipinski definition) is 5. The van der Waals surface area contributed by atoms with Gasteiger partial charge in [-0.2, -0.15) is 0 Å². The van der Waals surface area contributed by atoms with Crippen molar-refractivity contribution in [2.45, 2.75) is 0 Å². The predicted molar refractivity (Wildman–Crippen MR) is 38.4 cm³/mol. The second kappa shape index (κ2) is 4.49. The molecule has 1 aliphatic rings. The van der Waals surface area contributed by atoms with Crippen molar-refractivity contribution in [1.82, 2.24) is 0 Å². The van der Waals surface area contributed by atoms with Crippen molar-refractivity contribution in [2.24, 2.45) is 0 Å². The van der Waals surface area contributed by atoms with Gasteiger partial charge in [-0.15, -0.1) is 0 Å².